The van der Waals surface area contributed by atoms with Gasteiger partial charge in [0, 0.05) is 24.1 Å². The summed E-state index contributed by atoms with van der Waals surface area (Å²) in [5, 5.41) is 6.96. The number of ketones is 1. The normalized spacial score (nSPS) is 11.6. The topological polar surface area (TPSA) is 82.0 Å². The third-order valence-corrected chi connectivity index (χ3v) is 2.87. The van der Waals surface area contributed by atoms with E-state index < -0.39 is 11.8 Å². The maximum atomic E-state index is 13.1. The highest BCUT2D eigenvalue weighted by Crippen LogP contribution is 2.27. The van der Waals surface area contributed by atoms with Crippen LogP contribution in [0.4, 0.5) is 8.78 Å². The molecule has 112 valence electrons. The minimum absolute atomic E-state index is 0.0233. The molecule has 2 heterocycles. The molecule has 0 amide bonds. The van der Waals surface area contributed by atoms with Crippen LogP contribution in [0.15, 0.2) is 45.6 Å². The molecule has 0 fully saturated rings. The summed E-state index contributed by atoms with van der Waals surface area (Å²) in [4.78, 5) is 15.6. The fourth-order valence-electron chi connectivity index (χ4n) is 1.76. The van der Waals surface area contributed by atoms with Crippen LogP contribution in [0.3, 0.4) is 0 Å². The zero-order chi connectivity index (χ0) is 15.7. The van der Waals surface area contributed by atoms with E-state index in [4.69, 9.17) is 4.52 Å². The molecule has 0 aliphatic heterocycles. The molecule has 22 heavy (non-hydrogen) atoms. The molecule has 0 spiro atoms. The molecule has 8 heteroatoms. The van der Waals surface area contributed by atoms with Crippen LogP contribution in [0.5, 0.6) is 0 Å². The molecule has 1 aromatic carbocycles. The molecule has 2 aromatic heterocycles. The molecular weight excluding hydrogens is 296 g/mol. The van der Waals surface area contributed by atoms with Crippen molar-refractivity contribution in [1.82, 2.24) is 15.3 Å². The summed E-state index contributed by atoms with van der Waals surface area (Å²) < 4.78 is 35.4. The maximum absolute atomic E-state index is 13.1. The van der Waals surface area contributed by atoms with Gasteiger partial charge in [0.05, 0.1) is 6.20 Å². The summed E-state index contributed by atoms with van der Waals surface area (Å²) in [5.74, 6) is -4.16. The summed E-state index contributed by atoms with van der Waals surface area (Å²) in [5.41, 5.74) is 0.818. The van der Waals surface area contributed by atoms with Gasteiger partial charge in [-0.05, 0) is 0 Å². The van der Waals surface area contributed by atoms with E-state index in [-0.39, 0.29) is 17.4 Å². The van der Waals surface area contributed by atoms with E-state index in [1.54, 1.807) is 0 Å². The Balaban J connectivity index is 1.85. The number of hydrogen-bond donors (Lipinski definition) is 0. The lowest BCUT2D eigenvalue weighted by Crippen LogP contribution is -2.07. The molecular formula is C14H9F2N3O3. The average molecular weight is 305 g/mol. The molecule has 0 atom stereocenters. The maximum Gasteiger partial charge on any atom is 0.322 e. The Bertz CT molecular complexity index is 790. The molecule has 0 saturated heterocycles. The lowest BCUT2D eigenvalue weighted by Gasteiger charge is -2.01. The van der Waals surface area contributed by atoms with Crippen LogP contribution in [-0.4, -0.2) is 21.1 Å². The van der Waals surface area contributed by atoms with Gasteiger partial charge >= 0.3 is 5.92 Å². The quantitative estimate of drug-likeness (QED) is 0.689. The molecule has 0 unspecified atom stereocenters. The summed E-state index contributed by atoms with van der Waals surface area (Å²) >= 11 is 0. The van der Waals surface area contributed by atoms with Gasteiger partial charge in [-0.2, -0.15) is 13.8 Å². The van der Waals surface area contributed by atoms with Gasteiger partial charge in [0.2, 0.25) is 17.4 Å². The SMILES string of the molecule is CC(F)(F)c1nc(-c2ccc(C(=O)c3ccno3)cc2)no1. The number of nitrogens with zero attached hydrogens (tertiary/aromatic N) is 3. The van der Waals surface area contributed by atoms with Gasteiger partial charge in [-0.15, -0.1) is 0 Å². The highest BCUT2D eigenvalue weighted by atomic mass is 19.3. The summed E-state index contributed by atoms with van der Waals surface area (Å²) in [6, 6.07) is 7.55. The van der Waals surface area contributed by atoms with Crippen molar-refractivity contribution in [3.8, 4) is 11.4 Å². The summed E-state index contributed by atoms with van der Waals surface area (Å²) in [7, 11) is 0. The van der Waals surface area contributed by atoms with Gasteiger partial charge in [-0.3, -0.25) is 4.79 Å². The van der Waals surface area contributed by atoms with Crippen LogP contribution in [-0.2, 0) is 5.92 Å². The average Bonchev–Trinajstić information content (AvgIpc) is 3.17. The van der Waals surface area contributed by atoms with E-state index in [0.29, 0.717) is 18.1 Å². The molecule has 0 aliphatic carbocycles. The Morgan fingerprint density at radius 3 is 2.41 bits per heavy atom. The summed E-state index contributed by atoms with van der Waals surface area (Å²) in [6.45, 7) is 0.670. The number of halogens is 2. The van der Waals surface area contributed by atoms with Crippen molar-refractivity contribution in [2.24, 2.45) is 0 Å². The largest absolute Gasteiger partial charge is 0.353 e. The second kappa shape index (κ2) is 5.14. The van der Waals surface area contributed by atoms with Gasteiger partial charge in [0.25, 0.3) is 5.89 Å². The monoisotopic (exact) mass is 305 g/mol. The number of hydrogen-bond acceptors (Lipinski definition) is 6. The Morgan fingerprint density at radius 2 is 1.86 bits per heavy atom. The van der Waals surface area contributed by atoms with E-state index in [9.17, 15) is 13.6 Å². The number of carbonyl (C=O) groups excluding carboxylic acids is 1. The number of benzene rings is 1. The predicted octanol–water partition coefficient (Wildman–Crippen LogP) is 3.07. The highest BCUT2D eigenvalue weighted by molar-refractivity contribution is 6.07. The van der Waals surface area contributed by atoms with Crippen LogP contribution >= 0.6 is 0 Å². The van der Waals surface area contributed by atoms with Crippen molar-refractivity contribution < 1.29 is 22.6 Å². The first-order valence-corrected chi connectivity index (χ1v) is 6.23. The van der Waals surface area contributed by atoms with E-state index >= 15 is 0 Å². The van der Waals surface area contributed by atoms with Crippen molar-refractivity contribution in [1.29, 1.82) is 0 Å². The first-order chi connectivity index (χ1) is 10.4. The second-order valence-corrected chi connectivity index (χ2v) is 4.59. The molecule has 6 nitrogen and oxygen atoms in total. The number of aromatic nitrogens is 3. The Kier molecular flexibility index (Phi) is 3.28. The smallest absolute Gasteiger partial charge is 0.322 e. The van der Waals surface area contributed by atoms with Gasteiger partial charge in [0.15, 0.2) is 0 Å². The number of rotatable bonds is 4. The van der Waals surface area contributed by atoms with Crippen molar-refractivity contribution >= 4 is 5.78 Å². The fraction of sp³-hybridized carbons (Fsp3) is 0.143. The van der Waals surface area contributed by atoms with Crippen LogP contribution in [0.25, 0.3) is 11.4 Å². The first-order valence-electron chi connectivity index (χ1n) is 6.23. The minimum atomic E-state index is -3.20. The van der Waals surface area contributed by atoms with Crippen molar-refractivity contribution in [2.75, 3.05) is 0 Å². The molecule has 0 N–H and O–H groups in total. The van der Waals surface area contributed by atoms with Gasteiger partial charge in [0.1, 0.15) is 0 Å². The van der Waals surface area contributed by atoms with Crippen LogP contribution in [0, 0.1) is 0 Å². The first kappa shape index (κ1) is 14.1. The molecule has 0 aliphatic rings. The van der Waals surface area contributed by atoms with Crippen LogP contribution < -0.4 is 0 Å². The van der Waals surface area contributed by atoms with Gasteiger partial charge in [-0.25, -0.2) is 0 Å². The van der Waals surface area contributed by atoms with Crippen LogP contribution in [0.2, 0.25) is 0 Å². The van der Waals surface area contributed by atoms with Crippen molar-refractivity contribution in [2.45, 2.75) is 12.8 Å². The second-order valence-electron chi connectivity index (χ2n) is 4.59. The number of alkyl halides is 2. The zero-order valence-electron chi connectivity index (χ0n) is 11.3. The number of carbonyl (C=O) groups is 1. The predicted molar refractivity (Wildman–Crippen MR) is 69.2 cm³/mol. The molecule has 3 aromatic rings. The minimum Gasteiger partial charge on any atom is -0.353 e. The van der Waals surface area contributed by atoms with Gasteiger partial charge in [-0.1, -0.05) is 34.6 Å². The lowest BCUT2D eigenvalue weighted by molar-refractivity contribution is -0.0158. The fourth-order valence-corrected chi connectivity index (χ4v) is 1.76. The van der Waals surface area contributed by atoms with Gasteiger partial charge < -0.3 is 9.05 Å². The van der Waals surface area contributed by atoms with E-state index in [2.05, 4.69) is 19.8 Å². The third-order valence-electron chi connectivity index (χ3n) is 2.87. The molecule has 0 bridgehead atoms. The lowest BCUT2D eigenvalue weighted by atomic mass is 10.1. The zero-order valence-corrected chi connectivity index (χ0v) is 11.3. The molecule has 0 radical (unpaired) electrons. The van der Waals surface area contributed by atoms with Crippen LogP contribution in [0.1, 0.15) is 28.9 Å². The van der Waals surface area contributed by atoms with Crippen molar-refractivity contribution in [3.63, 3.8) is 0 Å². The Morgan fingerprint density at radius 1 is 1.14 bits per heavy atom. The Hall–Kier alpha value is -2.90. The standard InChI is InChI=1S/C14H9F2N3O3/c1-14(15,16)13-18-12(19-22-13)9-4-2-8(3-5-9)11(20)10-6-7-17-21-10/h2-7H,1H3. The van der Waals surface area contributed by atoms with E-state index in [0.717, 1.165) is 0 Å². The Labute approximate surface area is 122 Å². The summed E-state index contributed by atoms with van der Waals surface area (Å²) in [6.07, 6.45) is 1.37. The molecule has 3 rings (SSSR count). The third kappa shape index (κ3) is 2.62. The molecule has 0 saturated carbocycles. The highest BCUT2D eigenvalue weighted by Gasteiger charge is 2.32. The van der Waals surface area contributed by atoms with E-state index in [1.165, 1.54) is 36.5 Å². The van der Waals surface area contributed by atoms with E-state index in [1.807, 2.05) is 0 Å². The van der Waals surface area contributed by atoms with Crippen molar-refractivity contribution in [3.05, 3.63) is 53.7 Å².